The van der Waals surface area contributed by atoms with Gasteiger partial charge in [-0.3, -0.25) is 19.0 Å². The fourth-order valence-corrected chi connectivity index (χ4v) is 2.62. The summed E-state index contributed by atoms with van der Waals surface area (Å²) >= 11 is 5.87. The Balaban J connectivity index is 2.16. The molecule has 0 fully saturated rings. The van der Waals surface area contributed by atoms with E-state index in [1.807, 2.05) is 0 Å². The number of carbonyl (C=O) groups is 2. The first-order valence-corrected chi connectivity index (χ1v) is 7.99. The zero-order valence-corrected chi connectivity index (χ0v) is 15.0. The summed E-state index contributed by atoms with van der Waals surface area (Å²) in [7, 11) is 3.01. The molecule has 0 aliphatic rings. The number of benzene rings is 1. The van der Waals surface area contributed by atoms with Gasteiger partial charge in [-0.05, 0) is 31.2 Å². The van der Waals surface area contributed by atoms with E-state index in [1.165, 1.54) is 30.6 Å². The lowest BCUT2D eigenvalue weighted by molar-refractivity contribution is -0.137. The maximum Gasteiger partial charge on any atom is 0.284 e. The number of rotatable bonds is 4. The molecule has 1 unspecified atom stereocenters. The quantitative estimate of drug-likeness (QED) is 0.627. The summed E-state index contributed by atoms with van der Waals surface area (Å²) in [6, 6.07) is 5.46. The number of halogens is 1. The van der Waals surface area contributed by atoms with E-state index >= 15 is 0 Å². The Labute approximate surface area is 152 Å². The number of hydrogen-bond acceptors (Lipinski definition) is 6. The minimum atomic E-state index is -1.30. The molecule has 0 aliphatic carbocycles. The number of amides is 1. The zero-order valence-electron chi connectivity index (χ0n) is 14.3. The lowest BCUT2D eigenvalue weighted by Gasteiger charge is -2.19. The Morgan fingerprint density at radius 2 is 1.85 bits per heavy atom. The van der Waals surface area contributed by atoms with Crippen molar-refractivity contribution in [1.29, 1.82) is 0 Å². The highest BCUT2D eigenvalue weighted by Gasteiger charge is 2.29. The number of likely N-dealkylation sites (N-methyl/N-ethyl adjacent to an activating group) is 1. The van der Waals surface area contributed by atoms with Crippen LogP contribution < -0.4 is 5.56 Å². The summed E-state index contributed by atoms with van der Waals surface area (Å²) < 4.78 is 2.36. The fraction of sp³-hybridized carbons (Fsp3) is 0.250. The molecule has 0 saturated heterocycles. The highest BCUT2D eigenvalue weighted by Crippen LogP contribution is 2.16. The van der Waals surface area contributed by atoms with Crippen molar-refractivity contribution in [1.82, 2.24) is 29.4 Å². The number of carbonyl (C=O) groups excluding carboxylic acids is 2. The minimum absolute atomic E-state index is 0.0414. The molecule has 2 aromatic heterocycles. The molecule has 9 nitrogen and oxygen atoms in total. The van der Waals surface area contributed by atoms with E-state index in [0.717, 1.165) is 10.9 Å². The summed E-state index contributed by atoms with van der Waals surface area (Å²) in [6.07, 6.45) is 1.16. The van der Waals surface area contributed by atoms with Gasteiger partial charge in [0.05, 0.1) is 5.69 Å². The van der Waals surface area contributed by atoms with Crippen molar-refractivity contribution in [3.8, 4) is 5.69 Å². The van der Waals surface area contributed by atoms with Crippen molar-refractivity contribution in [2.75, 3.05) is 14.1 Å². The Kier molecular flexibility index (Phi) is 4.56. The van der Waals surface area contributed by atoms with Crippen LogP contribution in [-0.4, -0.2) is 55.2 Å². The van der Waals surface area contributed by atoms with Gasteiger partial charge < -0.3 is 4.90 Å². The number of aromatic nitrogens is 5. The summed E-state index contributed by atoms with van der Waals surface area (Å²) in [5.74, 6) is -0.997. The van der Waals surface area contributed by atoms with Gasteiger partial charge >= 0.3 is 0 Å². The van der Waals surface area contributed by atoms with Crippen LogP contribution in [0.1, 0.15) is 13.0 Å². The third-order valence-corrected chi connectivity index (χ3v) is 4.05. The lowest BCUT2D eigenvalue weighted by Crippen LogP contribution is -2.40. The molecule has 2 heterocycles. The molecule has 0 radical (unpaired) electrons. The molecular formula is C16H15ClN6O3. The standard InChI is InChI=1S/C16H15ClN6O3/c1-9(24)13(16(26)21(2)3)22-8-18-14-12(15(22)25)19-20-23(14)11-6-4-10(17)5-7-11/h4-8,13H,1-3H3. The second-order valence-corrected chi connectivity index (χ2v) is 6.29. The monoisotopic (exact) mass is 374 g/mol. The average molecular weight is 375 g/mol. The normalized spacial score (nSPS) is 12.2. The van der Waals surface area contributed by atoms with E-state index in [9.17, 15) is 14.4 Å². The molecule has 0 N–H and O–H groups in total. The predicted molar refractivity (Wildman–Crippen MR) is 94.3 cm³/mol. The first kappa shape index (κ1) is 17.7. The van der Waals surface area contributed by atoms with Crippen LogP contribution in [0.5, 0.6) is 0 Å². The summed E-state index contributed by atoms with van der Waals surface area (Å²) in [5, 5.41) is 8.38. The van der Waals surface area contributed by atoms with E-state index in [0.29, 0.717) is 10.7 Å². The topological polar surface area (TPSA) is 103 Å². The van der Waals surface area contributed by atoms with Gasteiger partial charge in [-0.2, -0.15) is 4.68 Å². The van der Waals surface area contributed by atoms with Crippen LogP contribution >= 0.6 is 11.6 Å². The predicted octanol–water partition coefficient (Wildman–Crippen LogP) is 0.849. The van der Waals surface area contributed by atoms with Crippen LogP contribution in [-0.2, 0) is 9.59 Å². The molecule has 0 spiro atoms. The molecule has 3 rings (SSSR count). The molecule has 0 aliphatic heterocycles. The van der Waals surface area contributed by atoms with E-state index in [1.54, 1.807) is 24.3 Å². The number of ketones is 1. The lowest BCUT2D eigenvalue weighted by atomic mass is 10.2. The molecule has 1 aromatic carbocycles. The van der Waals surface area contributed by atoms with E-state index < -0.39 is 23.3 Å². The van der Waals surface area contributed by atoms with Gasteiger partial charge in [0, 0.05) is 19.1 Å². The summed E-state index contributed by atoms with van der Waals surface area (Å²) in [5.41, 5.74) is 0.174. The fourth-order valence-electron chi connectivity index (χ4n) is 2.50. The first-order chi connectivity index (χ1) is 12.3. The van der Waals surface area contributed by atoms with E-state index in [-0.39, 0.29) is 11.2 Å². The van der Waals surface area contributed by atoms with Crippen molar-refractivity contribution in [3.05, 3.63) is 46.0 Å². The minimum Gasteiger partial charge on any atom is -0.347 e. The van der Waals surface area contributed by atoms with Gasteiger partial charge in [-0.1, -0.05) is 16.8 Å². The largest absolute Gasteiger partial charge is 0.347 e. The first-order valence-electron chi connectivity index (χ1n) is 7.61. The Morgan fingerprint density at radius 3 is 2.42 bits per heavy atom. The van der Waals surface area contributed by atoms with Crippen LogP contribution in [0.4, 0.5) is 0 Å². The second kappa shape index (κ2) is 6.68. The van der Waals surface area contributed by atoms with Crippen molar-refractivity contribution >= 4 is 34.5 Å². The van der Waals surface area contributed by atoms with Crippen LogP contribution in [0, 0.1) is 0 Å². The third-order valence-electron chi connectivity index (χ3n) is 3.80. The van der Waals surface area contributed by atoms with Crippen molar-refractivity contribution in [2.45, 2.75) is 13.0 Å². The van der Waals surface area contributed by atoms with Gasteiger partial charge in [0.15, 0.2) is 23.0 Å². The molecule has 10 heteroatoms. The number of hydrogen-bond donors (Lipinski definition) is 0. The molecule has 1 amide bonds. The SMILES string of the molecule is CC(=O)C(C(=O)N(C)C)n1cnc2c(nnn2-c2ccc(Cl)cc2)c1=O. The number of Topliss-reactive ketones (excluding diaryl/α,β-unsaturated/α-hetero) is 1. The zero-order chi connectivity index (χ0) is 19.0. The van der Waals surface area contributed by atoms with Gasteiger partial charge in [-0.25, -0.2) is 4.98 Å². The van der Waals surface area contributed by atoms with Gasteiger partial charge in [0.1, 0.15) is 6.33 Å². The highest BCUT2D eigenvalue weighted by molar-refractivity contribution is 6.30. The highest BCUT2D eigenvalue weighted by atomic mass is 35.5. The van der Waals surface area contributed by atoms with E-state index in [4.69, 9.17) is 11.6 Å². The maximum absolute atomic E-state index is 12.8. The molecular weight excluding hydrogens is 360 g/mol. The van der Waals surface area contributed by atoms with Crippen molar-refractivity contribution in [2.24, 2.45) is 0 Å². The summed E-state index contributed by atoms with van der Waals surface area (Å²) in [6.45, 7) is 1.24. The average Bonchev–Trinajstić information content (AvgIpc) is 3.02. The molecule has 1 atom stereocenters. The maximum atomic E-state index is 12.8. The molecule has 0 saturated carbocycles. The Morgan fingerprint density at radius 1 is 1.19 bits per heavy atom. The molecule has 0 bridgehead atoms. The number of nitrogens with zero attached hydrogens (tertiary/aromatic N) is 6. The van der Waals surface area contributed by atoms with Gasteiger partial charge in [0.25, 0.3) is 11.5 Å². The second-order valence-electron chi connectivity index (χ2n) is 5.85. The van der Waals surface area contributed by atoms with Crippen LogP contribution in [0.25, 0.3) is 16.9 Å². The van der Waals surface area contributed by atoms with E-state index in [2.05, 4.69) is 15.3 Å². The third kappa shape index (κ3) is 2.97. The number of fused-ring (bicyclic) bond motifs is 1. The Hall–Kier alpha value is -3.07. The molecule has 134 valence electrons. The van der Waals surface area contributed by atoms with Gasteiger partial charge in [0.2, 0.25) is 0 Å². The van der Waals surface area contributed by atoms with Crippen molar-refractivity contribution in [3.63, 3.8) is 0 Å². The summed E-state index contributed by atoms with van der Waals surface area (Å²) in [4.78, 5) is 42.4. The molecule has 26 heavy (non-hydrogen) atoms. The smallest absolute Gasteiger partial charge is 0.284 e. The van der Waals surface area contributed by atoms with Crippen molar-refractivity contribution < 1.29 is 9.59 Å². The van der Waals surface area contributed by atoms with Gasteiger partial charge in [-0.15, -0.1) is 5.10 Å². The van der Waals surface area contributed by atoms with Crippen LogP contribution in [0.15, 0.2) is 35.4 Å². The van der Waals surface area contributed by atoms with Crippen LogP contribution in [0.3, 0.4) is 0 Å². The molecule has 3 aromatic rings. The van der Waals surface area contributed by atoms with Crippen LogP contribution in [0.2, 0.25) is 5.02 Å². The Bertz CT molecular complexity index is 1050.